The van der Waals surface area contributed by atoms with Gasteiger partial charge in [-0.3, -0.25) is 14.7 Å². The van der Waals surface area contributed by atoms with Gasteiger partial charge in [-0.25, -0.2) is 4.79 Å². The number of rotatable bonds is 10. The molecule has 3 amide bonds. The molecule has 1 fully saturated rings. The normalized spacial score (nSPS) is 17.8. The number of carbonyl (C=O) groups excluding carboxylic acids is 2. The number of hydrogen-bond acceptors (Lipinski definition) is 8. The highest BCUT2D eigenvalue weighted by molar-refractivity contribution is 6.04. The summed E-state index contributed by atoms with van der Waals surface area (Å²) in [6.45, 7) is 4.91. The molecule has 1 saturated heterocycles. The lowest BCUT2D eigenvalue weighted by molar-refractivity contribution is 0.0365. The summed E-state index contributed by atoms with van der Waals surface area (Å²) in [6.07, 6.45) is 12.8. The molecular formula is C32H38N6O5. The number of carbonyl (C=O) groups is 2. The predicted molar refractivity (Wildman–Crippen MR) is 164 cm³/mol. The second-order valence-corrected chi connectivity index (χ2v) is 10.6. The third-order valence-corrected chi connectivity index (χ3v) is 7.31. The van der Waals surface area contributed by atoms with Gasteiger partial charge in [0.05, 0.1) is 24.6 Å². The quantitative estimate of drug-likeness (QED) is 0.389. The molecule has 226 valence electrons. The van der Waals surface area contributed by atoms with Crippen molar-refractivity contribution in [3.8, 4) is 0 Å². The fourth-order valence-corrected chi connectivity index (χ4v) is 4.97. The van der Waals surface area contributed by atoms with Crippen molar-refractivity contribution in [1.29, 1.82) is 0 Å². The van der Waals surface area contributed by atoms with Crippen LogP contribution in [0.3, 0.4) is 0 Å². The van der Waals surface area contributed by atoms with Crippen molar-refractivity contribution < 1.29 is 23.8 Å². The maximum absolute atomic E-state index is 13.4. The van der Waals surface area contributed by atoms with Crippen molar-refractivity contribution in [3.63, 3.8) is 0 Å². The third-order valence-electron chi connectivity index (χ3n) is 7.31. The van der Waals surface area contributed by atoms with Crippen LogP contribution in [0.5, 0.6) is 0 Å². The second kappa shape index (κ2) is 15.1. The summed E-state index contributed by atoms with van der Waals surface area (Å²) in [6, 6.07) is 10.1. The highest BCUT2D eigenvalue weighted by Gasteiger charge is 2.21. The van der Waals surface area contributed by atoms with Crippen molar-refractivity contribution in [2.45, 2.75) is 32.2 Å². The fraction of sp³-hybridized carbons (Fsp3) is 0.375. The van der Waals surface area contributed by atoms with E-state index in [-0.39, 0.29) is 30.7 Å². The molecule has 2 aliphatic heterocycles. The number of anilines is 2. The summed E-state index contributed by atoms with van der Waals surface area (Å²) in [7, 11) is 0. The Bertz CT molecular complexity index is 1400. The lowest BCUT2D eigenvalue weighted by atomic mass is 10.0. The summed E-state index contributed by atoms with van der Waals surface area (Å²) in [5.41, 5.74) is 9.19. The number of benzene rings is 1. The number of hydrogen-bond donors (Lipinski definition) is 2. The molecule has 3 N–H and O–H groups in total. The molecule has 0 spiro atoms. The van der Waals surface area contributed by atoms with Gasteiger partial charge < -0.3 is 30.2 Å². The second-order valence-electron chi connectivity index (χ2n) is 10.6. The molecule has 1 aromatic carbocycles. The van der Waals surface area contributed by atoms with Crippen molar-refractivity contribution in [3.05, 3.63) is 89.7 Å². The van der Waals surface area contributed by atoms with E-state index in [4.69, 9.17) is 19.9 Å². The number of para-hydroxylation sites is 2. The lowest BCUT2D eigenvalue weighted by Gasteiger charge is -2.28. The molecule has 0 radical (unpaired) electrons. The number of nitrogens with one attached hydrogen (secondary N) is 1. The minimum absolute atomic E-state index is 0.0904. The lowest BCUT2D eigenvalue weighted by Crippen LogP contribution is -2.38. The van der Waals surface area contributed by atoms with Gasteiger partial charge in [-0.1, -0.05) is 42.0 Å². The molecule has 1 aliphatic carbocycles. The van der Waals surface area contributed by atoms with E-state index in [2.05, 4.69) is 32.3 Å². The van der Waals surface area contributed by atoms with Crippen LogP contribution in [0.15, 0.2) is 83.4 Å². The van der Waals surface area contributed by atoms with Gasteiger partial charge in [0, 0.05) is 45.3 Å². The molecule has 0 unspecified atom stereocenters. The molecule has 1 aromatic heterocycles. The molecule has 0 atom stereocenters. The van der Waals surface area contributed by atoms with Gasteiger partial charge in [0.2, 0.25) is 5.90 Å². The van der Waals surface area contributed by atoms with Crippen LogP contribution in [-0.4, -0.2) is 78.6 Å². The Morgan fingerprint density at radius 3 is 2.77 bits per heavy atom. The average Bonchev–Trinajstić information content (AvgIpc) is 3.03. The molecule has 2 aromatic rings. The Kier molecular flexibility index (Phi) is 10.5. The number of aromatic nitrogens is 1. The highest BCUT2D eigenvalue weighted by atomic mass is 16.6. The van der Waals surface area contributed by atoms with Crippen LogP contribution >= 0.6 is 0 Å². The zero-order valence-electron chi connectivity index (χ0n) is 24.2. The number of ether oxygens (including phenoxy) is 3. The fourth-order valence-electron chi connectivity index (χ4n) is 4.97. The number of nitrogen functional groups attached to an aromatic ring is 1. The van der Waals surface area contributed by atoms with Crippen LogP contribution in [-0.2, 0) is 20.8 Å². The number of amides is 3. The van der Waals surface area contributed by atoms with E-state index in [0.29, 0.717) is 30.1 Å². The van der Waals surface area contributed by atoms with Gasteiger partial charge in [-0.05, 0) is 43.0 Å². The number of nitrogens with zero attached hydrogens (tertiary/aromatic N) is 4. The van der Waals surface area contributed by atoms with Crippen LogP contribution in [0.1, 0.15) is 41.7 Å². The third kappa shape index (κ3) is 9.00. The Hall–Kier alpha value is -4.48. The van der Waals surface area contributed by atoms with Gasteiger partial charge in [-0.2, -0.15) is 4.99 Å². The zero-order chi connectivity index (χ0) is 29.9. The first-order valence-electron chi connectivity index (χ1n) is 14.6. The minimum atomic E-state index is -0.414. The molecule has 3 heterocycles. The SMILES string of the molecule is Nc1ccccc1NC(=O)c1ccc(CN(CCCN2CCOCC2)C(=O)N=C2COC=C(CC3=CC=CCC3)O2)cn1. The van der Waals surface area contributed by atoms with Gasteiger partial charge >= 0.3 is 6.03 Å². The topological polar surface area (TPSA) is 132 Å². The molecule has 0 saturated carbocycles. The zero-order valence-corrected chi connectivity index (χ0v) is 24.2. The Morgan fingerprint density at radius 2 is 2.00 bits per heavy atom. The number of nitrogens with two attached hydrogens (primary N) is 1. The van der Waals surface area contributed by atoms with Crippen molar-refractivity contribution in [2.75, 3.05) is 57.1 Å². The number of morpholine rings is 1. The van der Waals surface area contributed by atoms with Crippen LogP contribution in [0.4, 0.5) is 16.2 Å². The van der Waals surface area contributed by atoms with E-state index < -0.39 is 6.03 Å². The van der Waals surface area contributed by atoms with E-state index in [9.17, 15) is 9.59 Å². The predicted octanol–water partition coefficient (Wildman–Crippen LogP) is 4.51. The van der Waals surface area contributed by atoms with Crippen molar-refractivity contribution in [1.82, 2.24) is 14.8 Å². The van der Waals surface area contributed by atoms with Gasteiger partial charge in [0.25, 0.3) is 5.91 Å². The summed E-state index contributed by atoms with van der Waals surface area (Å²) >= 11 is 0. The Morgan fingerprint density at radius 1 is 1.14 bits per heavy atom. The van der Waals surface area contributed by atoms with Crippen molar-refractivity contribution in [2.24, 2.45) is 4.99 Å². The minimum Gasteiger partial charge on any atom is -0.488 e. The van der Waals surface area contributed by atoms with E-state index in [1.807, 2.05) is 6.08 Å². The molecule has 3 aliphatic rings. The number of allylic oxidation sites excluding steroid dienone is 4. The van der Waals surface area contributed by atoms with E-state index in [0.717, 1.165) is 57.7 Å². The number of pyridine rings is 1. The summed E-state index contributed by atoms with van der Waals surface area (Å²) in [4.78, 5) is 38.8. The summed E-state index contributed by atoms with van der Waals surface area (Å²) < 4.78 is 17.0. The molecule has 0 bridgehead atoms. The van der Waals surface area contributed by atoms with Crippen LogP contribution in [0, 0.1) is 0 Å². The molecule has 43 heavy (non-hydrogen) atoms. The maximum Gasteiger partial charge on any atom is 0.346 e. The van der Waals surface area contributed by atoms with E-state index in [1.54, 1.807) is 53.8 Å². The van der Waals surface area contributed by atoms with Crippen LogP contribution in [0.25, 0.3) is 0 Å². The van der Waals surface area contributed by atoms with Crippen LogP contribution < -0.4 is 11.1 Å². The smallest absolute Gasteiger partial charge is 0.346 e. The summed E-state index contributed by atoms with van der Waals surface area (Å²) in [5.74, 6) is 0.499. The average molecular weight is 587 g/mol. The number of aliphatic imine (C=N–C) groups is 1. The van der Waals surface area contributed by atoms with Crippen LogP contribution in [0.2, 0.25) is 0 Å². The molecule has 11 heteroatoms. The first-order chi connectivity index (χ1) is 21.0. The van der Waals surface area contributed by atoms with Gasteiger partial charge in [0.15, 0.2) is 6.61 Å². The number of urea groups is 1. The standard InChI is InChI=1S/C32H38N6O5/c33-27-9-4-5-10-28(27)35-31(39)29-12-11-25(20-34-29)21-38(14-6-13-37-15-17-41-18-16-37)32(40)36-30-23-42-22-26(43-30)19-24-7-2-1-3-8-24/h1-2,4-5,7,9-12,20,22H,3,6,8,13-19,21,23,33H2,(H,35,39). The van der Waals surface area contributed by atoms with Crippen molar-refractivity contribution >= 4 is 29.2 Å². The van der Waals surface area contributed by atoms with E-state index >= 15 is 0 Å². The highest BCUT2D eigenvalue weighted by Crippen LogP contribution is 2.23. The molecular weight excluding hydrogens is 548 g/mol. The largest absolute Gasteiger partial charge is 0.488 e. The van der Waals surface area contributed by atoms with Gasteiger partial charge in [-0.15, -0.1) is 0 Å². The first-order valence-corrected chi connectivity index (χ1v) is 14.6. The Balaban J connectivity index is 1.23. The van der Waals surface area contributed by atoms with E-state index in [1.165, 1.54) is 5.57 Å². The Labute approximate surface area is 251 Å². The monoisotopic (exact) mass is 586 g/mol. The molecule has 5 rings (SSSR count). The maximum atomic E-state index is 13.4. The molecule has 11 nitrogen and oxygen atoms in total. The first kappa shape index (κ1) is 30.0. The summed E-state index contributed by atoms with van der Waals surface area (Å²) in [5, 5.41) is 2.78. The van der Waals surface area contributed by atoms with Gasteiger partial charge in [0.1, 0.15) is 17.7 Å².